The van der Waals surface area contributed by atoms with Crippen molar-refractivity contribution in [3.8, 4) is 5.75 Å². The fourth-order valence-corrected chi connectivity index (χ4v) is 4.50. The van der Waals surface area contributed by atoms with Gasteiger partial charge in [-0.05, 0) is 11.5 Å². The lowest BCUT2D eigenvalue weighted by molar-refractivity contribution is -0.895. The van der Waals surface area contributed by atoms with Gasteiger partial charge in [-0.15, -0.1) is 0 Å². The molecule has 1 aliphatic heterocycles. The van der Waals surface area contributed by atoms with Crippen molar-refractivity contribution in [3.05, 3.63) is 78.4 Å². The molecule has 24 heavy (non-hydrogen) atoms. The zero-order valence-corrected chi connectivity index (χ0v) is 14.5. The van der Waals surface area contributed by atoms with Gasteiger partial charge in [0.1, 0.15) is 24.8 Å². The summed E-state index contributed by atoms with van der Waals surface area (Å²) in [4.78, 5) is 1.64. The molecule has 1 saturated heterocycles. The zero-order valence-electron chi connectivity index (χ0n) is 13.7. The topological polar surface area (TPSA) is 13.7 Å². The van der Waals surface area contributed by atoms with Crippen LogP contribution in [-0.2, 0) is 6.54 Å². The van der Waals surface area contributed by atoms with Crippen LogP contribution in [0.25, 0.3) is 10.8 Å². The molecule has 0 aliphatic carbocycles. The number of fused-ring (bicyclic) bond motifs is 1. The van der Waals surface area contributed by atoms with E-state index >= 15 is 0 Å². The van der Waals surface area contributed by atoms with Gasteiger partial charge in [0.2, 0.25) is 0 Å². The summed E-state index contributed by atoms with van der Waals surface area (Å²) >= 11 is 2.03. The van der Waals surface area contributed by atoms with Crippen LogP contribution >= 0.6 is 11.8 Å². The van der Waals surface area contributed by atoms with Crippen molar-refractivity contribution in [1.82, 2.24) is 0 Å². The van der Waals surface area contributed by atoms with Crippen LogP contribution in [-0.4, -0.2) is 24.3 Å². The minimum atomic E-state index is 0.572. The summed E-state index contributed by atoms with van der Waals surface area (Å²) < 4.78 is 6.17. The van der Waals surface area contributed by atoms with Gasteiger partial charge >= 0.3 is 0 Å². The molecule has 0 saturated carbocycles. The summed E-state index contributed by atoms with van der Waals surface area (Å²) in [6.45, 7) is 3.07. The van der Waals surface area contributed by atoms with Gasteiger partial charge in [-0.1, -0.05) is 78.5 Å². The van der Waals surface area contributed by atoms with Gasteiger partial charge in [0.15, 0.2) is 0 Å². The molecule has 2 nitrogen and oxygen atoms in total. The molecular weight excluding hydrogens is 314 g/mol. The Hall–Kier alpha value is -1.97. The third-order valence-corrected chi connectivity index (χ3v) is 5.86. The molecule has 3 aromatic rings. The summed E-state index contributed by atoms with van der Waals surface area (Å²) in [6.07, 6.45) is 0. The van der Waals surface area contributed by atoms with Crippen LogP contribution in [0, 0.1) is 0 Å². The van der Waals surface area contributed by atoms with Gasteiger partial charge in [0.25, 0.3) is 0 Å². The highest BCUT2D eigenvalue weighted by Gasteiger charge is 2.27. The Balaban J connectivity index is 1.35. The molecule has 0 radical (unpaired) electrons. The number of benzene rings is 3. The third kappa shape index (κ3) is 3.58. The van der Waals surface area contributed by atoms with Gasteiger partial charge < -0.3 is 9.64 Å². The van der Waals surface area contributed by atoms with Crippen LogP contribution in [0.2, 0.25) is 0 Å². The average molecular weight is 336 g/mol. The molecule has 1 fully saturated rings. The predicted octanol–water partition coefficient (Wildman–Crippen LogP) is 3.38. The fourth-order valence-electron chi connectivity index (χ4n) is 3.29. The Bertz CT molecular complexity index is 800. The number of rotatable bonds is 5. The number of nitrogens with one attached hydrogen (secondary N) is 1. The summed E-state index contributed by atoms with van der Waals surface area (Å²) in [6, 6.07) is 25.5. The normalized spacial score (nSPS) is 20.3. The molecule has 122 valence electrons. The van der Waals surface area contributed by atoms with Crippen molar-refractivity contribution in [2.45, 2.75) is 11.8 Å². The lowest BCUT2D eigenvalue weighted by Gasteiger charge is -2.14. The maximum atomic E-state index is 6.17. The minimum absolute atomic E-state index is 0.572. The maximum absolute atomic E-state index is 6.17. The second-order valence-corrected chi connectivity index (χ2v) is 7.63. The molecule has 0 spiro atoms. The molecule has 3 heteroatoms. The van der Waals surface area contributed by atoms with Gasteiger partial charge in [-0.2, -0.15) is 0 Å². The molecular formula is C21H22NOS+. The Kier molecular flexibility index (Phi) is 4.72. The standard InChI is InChI=1S/C21H21NOS/c1-2-7-17(8-3-1)13-22-14-19(24-16-22)15-23-21-12-6-10-18-9-4-5-11-20(18)21/h1-12,19H,13-16H2/p+1/t19-/m0/s1. The van der Waals surface area contributed by atoms with Crippen LogP contribution < -0.4 is 9.64 Å². The van der Waals surface area contributed by atoms with Crippen LogP contribution in [0.4, 0.5) is 0 Å². The first kappa shape index (κ1) is 15.6. The first-order valence-electron chi connectivity index (χ1n) is 8.48. The Morgan fingerprint density at radius 2 is 1.71 bits per heavy atom. The van der Waals surface area contributed by atoms with E-state index in [1.165, 1.54) is 28.8 Å². The highest BCUT2D eigenvalue weighted by Crippen LogP contribution is 2.26. The van der Waals surface area contributed by atoms with E-state index in [1.807, 2.05) is 11.8 Å². The molecule has 1 aliphatic rings. The number of thioether (sulfide) groups is 1. The Morgan fingerprint density at radius 3 is 2.62 bits per heavy atom. The average Bonchev–Trinajstić information content (AvgIpc) is 3.08. The Labute approximate surface area is 147 Å². The molecule has 0 bridgehead atoms. The molecule has 0 amide bonds. The Morgan fingerprint density at radius 1 is 0.917 bits per heavy atom. The maximum Gasteiger partial charge on any atom is 0.127 e. The molecule has 1 N–H and O–H groups in total. The third-order valence-electron chi connectivity index (χ3n) is 4.51. The van der Waals surface area contributed by atoms with Crippen molar-refractivity contribution in [3.63, 3.8) is 0 Å². The summed E-state index contributed by atoms with van der Waals surface area (Å²) in [5.41, 5.74) is 1.42. The van der Waals surface area contributed by atoms with Crippen LogP contribution in [0.3, 0.4) is 0 Å². The number of quaternary nitrogens is 1. The molecule has 1 unspecified atom stereocenters. The van der Waals surface area contributed by atoms with Crippen molar-refractivity contribution in [2.24, 2.45) is 0 Å². The van der Waals surface area contributed by atoms with E-state index in [1.54, 1.807) is 4.90 Å². The lowest BCUT2D eigenvalue weighted by atomic mass is 10.1. The monoisotopic (exact) mass is 336 g/mol. The van der Waals surface area contributed by atoms with Crippen molar-refractivity contribution in [2.75, 3.05) is 19.0 Å². The second kappa shape index (κ2) is 7.29. The zero-order chi connectivity index (χ0) is 16.2. The molecule has 0 aromatic heterocycles. The van der Waals surface area contributed by atoms with Crippen LogP contribution in [0.1, 0.15) is 5.56 Å². The second-order valence-electron chi connectivity index (χ2n) is 6.34. The van der Waals surface area contributed by atoms with E-state index in [4.69, 9.17) is 4.74 Å². The van der Waals surface area contributed by atoms with Crippen molar-refractivity contribution < 1.29 is 9.64 Å². The van der Waals surface area contributed by atoms with Crippen LogP contribution in [0.5, 0.6) is 5.75 Å². The molecule has 4 rings (SSSR count). The molecule has 2 atom stereocenters. The van der Waals surface area contributed by atoms with E-state index in [0.717, 1.165) is 18.9 Å². The summed E-state index contributed by atoms with van der Waals surface area (Å²) in [5, 5.41) is 3.02. The van der Waals surface area contributed by atoms with E-state index in [2.05, 4.69) is 72.8 Å². The van der Waals surface area contributed by atoms with Gasteiger partial charge in [0.05, 0.1) is 11.8 Å². The highest BCUT2D eigenvalue weighted by atomic mass is 32.2. The molecule has 3 aromatic carbocycles. The SMILES string of the molecule is c1ccc(C[NH+]2CS[C@H](COc3cccc4ccccc34)C2)cc1. The van der Waals surface area contributed by atoms with Crippen LogP contribution in [0.15, 0.2) is 72.8 Å². The van der Waals surface area contributed by atoms with Crippen molar-refractivity contribution >= 4 is 22.5 Å². The largest absolute Gasteiger partial charge is 0.492 e. The fraction of sp³-hybridized carbons (Fsp3) is 0.238. The minimum Gasteiger partial charge on any atom is -0.492 e. The smallest absolute Gasteiger partial charge is 0.127 e. The van der Waals surface area contributed by atoms with E-state index in [0.29, 0.717) is 5.25 Å². The first-order valence-corrected chi connectivity index (χ1v) is 9.53. The molecule has 1 heterocycles. The van der Waals surface area contributed by atoms with E-state index in [-0.39, 0.29) is 0 Å². The summed E-state index contributed by atoms with van der Waals surface area (Å²) in [5.74, 6) is 2.17. The van der Waals surface area contributed by atoms with Gasteiger partial charge in [-0.25, -0.2) is 0 Å². The van der Waals surface area contributed by atoms with Gasteiger partial charge in [0, 0.05) is 10.9 Å². The highest BCUT2D eigenvalue weighted by molar-refractivity contribution is 7.99. The van der Waals surface area contributed by atoms with E-state index in [9.17, 15) is 0 Å². The number of ether oxygens (including phenoxy) is 1. The van der Waals surface area contributed by atoms with Gasteiger partial charge in [-0.3, -0.25) is 0 Å². The number of hydrogen-bond donors (Lipinski definition) is 1. The van der Waals surface area contributed by atoms with E-state index < -0.39 is 0 Å². The predicted molar refractivity (Wildman–Crippen MR) is 102 cm³/mol. The first-order chi connectivity index (χ1) is 11.9. The lowest BCUT2D eigenvalue weighted by Crippen LogP contribution is -3.09. The quantitative estimate of drug-likeness (QED) is 0.767. The number of hydrogen-bond acceptors (Lipinski definition) is 2. The van der Waals surface area contributed by atoms with Crippen molar-refractivity contribution in [1.29, 1.82) is 0 Å². The summed E-state index contributed by atoms with van der Waals surface area (Å²) in [7, 11) is 0.